The maximum atomic E-state index is 3.57. The topological polar surface area (TPSA) is 31.6 Å². The van der Waals surface area contributed by atoms with Gasteiger partial charge in [-0.2, -0.15) is 0 Å². The van der Waals surface area contributed by atoms with Crippen molar-refractivity contribution in [2.45, 2.75) is 46.0 Å². The van der Waals surface area contributed by atoms with E-state index < -0.39 is 0 Å². The van der Waals surface area contributed by atoms with Crippen LogP contribution in [-0.4, -0.2) is 9.97 Å². The molecule has 25 heavy (non-hydrogen) atoms. The van der Waals surface area contributed by atoms with Crippen LogP contribution in [0.2, 0.25) is 0 Å². The molecule has 128 valence electrons. The van der Waals surface area contributed by atoms with Gasteiger partial charge < -0.3 is 9.97 Å². The number of hydrogen-bond acceptors (Lipinski definition) is 0. The summed E-state index contributed by atoms with van der Waals surface area (Å²) in [6, 6.07) is 18.1. The third-order valence-corrected chi connectivity index (χ3v) is 4.94. The first kappa shape index (κ1) is 16.0. The van der Waals surface area contributed by atoms with E-state index in [4.69, 9.17) is 0 Å². The Hall–Kier alpha value is -2.48. The minimum atomic E-state index is 0.912. The van der Waals surface area contributed by atoms with E-state index in [0.29, 0.717) is 0 Å². The number of hydrogen-bond donors (Lipinski definition) is 2. The lowest BCUT2D eigenvalue weighted by Gasteiger charge is -1.97. The van der Waals surface area contributed by atoms with Crippen molar-refractivity contribution in [2.75, 3.05) is 0 Å². The zero-order valence-electron chi connectivity index (χ0n) is 15.2. The molecule has 0 radical (unpaired) electrons. The average molecular weight is 330 g/mol. The van der Waals surface area contributed by atoms with Crippen LogP contribution in [0.3, 0.4) is 0 Å². The third-order valence-electron chi connectivity index (χ3n) is 4.94. The highest BCUT2D eigenvalue weighted by Crippen LogP contribution is 2.23. The van der Waals surface area contributed by atoms with E-state index in [1.807, 2.05) is 0 Å². The Labute approximate surface area is 149 Å². The highest BCUT2D eigenvalue weighted by molar-refractivity contribution is 5.82. The summed E-state index contributed by atoms with van der Waals surface area (Å²) in [5.41, 5.74) is 7.85. The van der Waals surface area contributed by atoms with Crippen molar-refractivity contribution in [2.24, 2.45) is 0 Å². The van der Waals surface area contributed by atoms with E-state index in [1.165, 1.54) is 57.2 Å². The predicted octanol–water partition coefficient (Wildman–Crippen LogP) is 6.15. The Kier molecular flexibility index (Phi) is 4.35. The van der Waals surface area contributed by atoms with Crippen LogP contribution in [-0.2, 0) is 19.3 Å². The number of H-pyrrole nitrogens is 2. The van der Waals surface area contributed by atoms with Crippen molar-refractivity contribution in [1.82, 2.24) is 9.97 Å². The number of nitrogens with one attached hydrogen (secondary N) is 2. The summed E-state index contributed by atoms with van der Waals surface area (Å²) in [5.74, 6) is 0. The van der Waals surface area contributed by atoms with Gasteiger partial charge in [-0.05, 0) is 71.1 Å². The van der Waals surface area contributed by atoms with Crippen LogP contribution in [0.5, 0.6) is 0 Å². The van der Waals surface area contributed by atoms with Crippen LogP contribution in [0.15, 0.2) is 48.5 Å². The second kappa shape index (κ2) is 6.79. The second-order valence-electron chi connectivity index (χ2n) is 7.11. The van der Waals surface area contributed by atoms with Gasteiger partial charge in [-0.15, -0.1) is 0 Å². The minimum absolute atomic E-state index is 0.912. The van der Waals surface area contributed by atoms with Crippen molar-refractivity contribution in [3.8, 4) is 0 Å². The molecule has 0 aliphatic carbocycles. The summed E-state index contributed by atoms with van der Waals surface area (Å²) in [6.45, 7) is 4.46. The van der Waals surface area contributed by atoms with Gasteiger partial charge in [-0.3, -0.25) is 0 Å². The molecule has 2 heterocycles. The first-order valence-corrected chi connectivity index (χ1v) is 9.46. The molecule has 0 amide bonds. The molecule has 0 aliphatic heterocycles. The molecule has 2 N–H and O–H groups in total. The second-order valence-corrected chi connectivity index (χ2v) is 7.11. The zero-order chi connectivity index (χ0) is 17.2. The molecular weight excluding hydrogens is 304 g/mol. The van der Waals surface area contributed by atoms with Crippen molar-refractivity contribution in [3.63, 3.8) is 0 Å². The molecule has 0 bridgehead atoms. The van der Waals surface area contributed by atoms with Crippen LogP contribution >= 0.6 is 0 Å². The summed E-state index contributed by atoms with van der Waals surface area (Å²) in [6.07, 6.45) is 5.60. The first-order valence-electron chi connectivity index (χ1n) is 9.46. The van der Waals surface area contributed by atoms with Crippen molar-refractivity contribution < 1.29 is 0 Å². The Morgan fingerprint density at radius 1 is 0.640 bits per heavy atom. The zero-order valence-corrected chi connectivity index (χ0v) is 15.2. The van der Waals surface area contributed by atoms with E-state index in [0.717, 1.165) is 19.3 Å². The maximum Gasteiger partial charge on any atom is 0.0456 e. The molecule has 2 nitrogen and oxygen atoms in total. The Morgan fingerprint density at radius 2 is 1.12 bits per heavy atom. The van der Waals surface area contributed by atoms with Crippen molar-refractivity contribution in [1.29, 1.82) is 0 Å². The van der Waals surface area contributed by atoms with Crippen LogP contribution in [0.1, 0.15) is 49.2 Å². The molecule has 0 saturated carbocycles. The molecule has 0 fully saturated rings. The van der Waals surface area contributed by atoms with Gasteiger partial charge in [-0.25, -0.2) is 0 Å². The van der Waals surface area contributed by atoms with Crippen LogP contribution in [0.4, 0.5) is 0 Å². The molecule has 2 aromatic carbocycles. The normalized spacial score (nSPS) is 11.6. The van der Waals surface area contributed by atoms with Gasteiger partial charge in [0.25, 0.3) is 0 Å². The molecule has 0 aliphatic rings. The number of aryl methyl sites for hydroxylation is 2. The number of rotatable bonds is 6. The SMILES string of the molecule is CCCc1ccc2[nH]c(Cc3cc4cc(CCC)ccc4[nH]3)cc2c1. The molecule has 0 unspecified atom stereocenters. The van der Waals surface area contributed by atoms with Gasteiger partial charge in [0.2, 0.25) is 0 Å². The Morgan fingerprint density at radius 3 is 1.56 bits per heavy atom. The molecule has 0 atom stereocenters. The monoisotopic (exact) mass is 330 g/mol. The highest BCUT2D eigenvalue weighted by Gasteiger charge is 2.06. The summed E-state index contributed by atoms with van der Waals surface area (Å²) >= 11 is 0. The lowest BCUT2D eigenvalue weighted by atomic mass is 10.1. The average Bonchev–Trinajstić information content (AvgIpc) is 3.17. The molecule has 4 aromatic rings. The number of aromatic nitrogens is 2. The quantitative estimate of drug-likeness (QED) is 0.425. The van der Waals surface area contributed by atoms with E-state index in [9.17, 15) is 0 Å². The van der Waals surface area contributed by atoms with Crippen molar-refractivity contribution in [3.05, 3.63) is 71.0 Å². The van der Waals surface area contributed by atoms with Gasteiger partial charge in [0.05, 0.1) is 0 Å². The largest absolute Gasteiger partial charge is 0.358 e. The van der Waals surface area contributed by atoms with E-state index in [-0.39, 0.29) is 0 Å². The number of benzene rings is 2. The molecule has 2 aromatic heterocycles. The Balaban J connectivity index is 1.60. The Bertz CT molecular complexity index is 921. The van der Waals surface area contributed by atoms with E-state index >= 15 is 0 Å². The van der Waals surface area contributed by atoms with Gasteiger partial charge in [0.15, 0.2) is 0 Å². The van der Waals surface area contributed by atoms with Gasteiger partial charge in [0.1, 0.15) is 0 Å². The fraction of sp³-hybridized carbons (Fsp3) is 0.304. The highest BCUT2D eigenvalue weighted by atomic mass is 14.7. The minimum Gasteiger partial charge on any atom is -0.358 e. The molecule has 2 heteroatoms. The smallest absolute Gasteiger partial charge is 0.0456 e. The summed E-state index contributed by atoms with van der Waals surface area (Å²) < 4.78 is 0. The number of fused-ring (bicyclic) bond motifs is 2. The summed E-state index contributed by atoms with van der Waals surface area (Å²) in [7, 11) is 0. The van der Waals surface area contributed by atoms with E-state index in [1.54, 1.807) is 0 Å². The fourth-order valence-electron chi connectivity index (χ4n) is 3.77. The maximum absolute atomic E-state index is 3.57. The summed E-state index contributed by atoms with van der Waals surface area (Å²) in [5, 5.41) is 2.64. The van der Waals surface area contributed by atoms with Crippen LogP contribution in [0, 0.1) is 0 Å². The van der Waals surface area contributed by atoms with Gasteiger partial charge in [-0.1, -0.05) is 38.8 Å². The molecule has 0 saturated heterocycles. The molecule has 0 spiro atoms. The molecule has 4 rings (SSSR count). The standard InChI is InChI=1S/C23H26N2/c1-3-5-16-7-9-22-18(11-16)13-20(24-22)15-21-14-19-12-17(6-4-2)8-10-23(19)25-21/h7-14,24-25H,3-6,15H2,1-2H3. The summed E-state index contributed by atoms with van der Waals surface area (Å²) in [4.78, 5) is 7.14. The van der Waals surface area contributed by atoms with E-state index in [2.05, 4.69) is 72.3 Å². The lowest BCUT2D eigenvalue weighted by Crippen LogP contribution is -1.87. The van der Waals surface area contributed by atoms with Gasteiger partial charge >= 0.3 is 0 Å². The fourth-order valence-corrected chi connectivity index (χ4v) is 3.77. The lowest BCUT2D eigenvalue weighted by molar-refractivity contribution is 0.923. The molecular formula is C23H26N2. The van der Waals surface area contributed by atoms with Crippen LogP contribution in [0.25, 0.3) is 21.8 Å². The van der Waals surface area contributed by atoms with Crippen LogP contribution < -0.4 is 0 Å². The predicted molar refractivity (Wildman–Crippen MR) is 107 cm³/mol. The third kappa shape index (κ3) is 3.34. The van der Waals surface area contributed by atoms with Gasteiger partial charge in [0, 0.05) is 28.8 Å². The number of aromatic amines is 2. The van der Waals surface area contributed by atoms with Crippen molar-refractivity contribution >= 4 is 21.8 Å². The first-order chi connectivity index (χ1) is 12.2.